The Morgan fingerprint density at radius 3 is 2.52 bits per heavy atom. The van der Waals surface area contributed by atoms with Crippen molar-refractivity contribution in [2.24, 2.45) is 0 Å². The van der Waals surface area contributed by atoms with Gasteiger partial charge < -0.3 is 19.1 Å². The summed E-state index contributed by atoms with van der Waals surface area (Å²) in [4.78, 5) is 27.6. The van der Waals surface area contributed by atoms with Crippen LogP contribution in [-0.4, -0.2) is 49.8 Å². The van der Waals surface area contributed by atoms with Crippen molar-refractivity contribution in [2.75, 3.05) is 33.1 Å². The maximum atomic E-state index is 12.7. The molecular weight excluding hydrogens is 390 g/mol. The first-order valence-electron chi connectivity index (χ1n) is 9.50. The molecule has 0 aromatic heterocycles. The zero-order valence-corrected chi connectivity index (χ0v) is 17.5. The second kappa shape index (κ2) is 10.2. The van der Waals surface area contributed by atoms with E-state index in [1.807, 2.05) is 17.0 Å². The normalized spacial score (nSPS) is 13.2. The highest BCUT2D eigenvalue weighted by Gasteiger charge is 2.20. The number of carbonyl (C=O) groups is 2. The van der Waals surface area contributed by atoms with Gasteiger partial charge in [-0.05, 0) is 43.2 Å². The lowest BCUT2D eigenvalue weighted by Gasteiger charge is -2.15. The van der Waals surface area contributed by atoms with Crippen molar-refractivity contribution in [3.63, 3.8) is 0 Å². The van der Waals surface area contributed by atoms with Crippen LogP contribution < -0.4 is 9.47 Å². The van der Waals surface area contributed by atoms with Gasteiger partial charge in [-0.1, -0.05) is 12.1 Å². The molecule has 154 valence electrons. The predicted molar refractivity (Wildman–Crippen MR) is 112 cm³/mol. The van der Waals surface area contributed by atoms with Crippen molar-refractivity contribution < 1.29 is 23.8 Å². The van der Waals surface area contributed by atoms with Crippen molar-refractivity contribution in [3.05, 3.63) is 53.6 Å². The minimum atomic E-state index is -0.438. The maximum absolute atomic E-state index is 12.7. The predicted octanol–water partition coefficient (Wildman–Crippen LogP) is 3.78. The second-order valence-electron chi connectivity index (χ2n) is 6.63. The van der Waals surface area contributed by atoms with E-state index in [1.54, 1.807) is 44.6 Å². The number of methoxy groups -OCH3 is 2. The summed E-state index contributed by atoms with van der Waals surface area (Å²) < 4.78 is 16.1. The van der Waals surface area contributed by atoms with Crippen LogP contribution in [0.5, 0.6) is 11.5 Å². The molecule has 0 atom stereocenters. The topological polar surface area (TPSA) is 65.1 Å². The summed E-state index contributed by atoms with van der Waals surface area (Å²) in [5.41, 5.74) is 1.17. The van der Waals surface area contributed by atoms with Gasteiger partial charge in [0.15, 0.2) is 0 Å². The minimum absolute atomic E-state index is 0.0604. The molecule has 29 heavy (non-hydrogen) atoms. The van der Waals surface area contributed by atoms with Crippen LogP contribution in [0.1, 0.15) is 28.8 Å². The molecular formula is C22H25NO5S. The molecule has 2 aromatic rings. The van der Waals surface area contributed by atoms with E-state index in [9.17, 15) is 9.59 Å². The van der Waals surface area contributed by atoms with Crippen LogP contribution in [0.25, 0.3) is 0 Å². The molecule has 6 nitrogen and oxygen atoms in total. The fraction of sp³-hybridized carbons (Fsp3) is 0.364. The number of thioether (sulfide) groups is 1. The summed E-state index contributed by atoms with van der Waals surface area (Å²) in [6.07, 6.45) is 2.13. The molecule has 1 saturated heterocycles. The molecule has 1 fully saturated rings. The highest BCUT2D eigenvalue weighted by atomic mass is 32.2. The van der Waals surface area contributed by atoms with E-state index in [1.165, 1.54) is 11.8 Å². The molecule has 1 heterocycles. The third-order valence-corrected chi connectivity index (χ3v) is 5.82. The smallest absolute Gasteiger partial charge is 0.339 e. The van der Waals surface area contributed by atoms with Crippen LogP contribution in [-0.2, 0) is 16.1 Å². The Kier molecular flexibility index (Phi) is 7.41. The lowest BCUT2D eigenvalue weighted by molar-refractivity contribution is -0.127. The van der Waals surface area contributed by atoms with Gasteiger partial charge in [-0.25, -0.2) is 4.79 Å². The van der Waals surface area contributed by atoms with E-state index in [4.69, 9.17) is 14.2 Å². The molecule has 1 aliphatic heterocycles. The zero-order valence-electron chi connectivity index (χ0n) is 16.7. The number of rotatable bonds is 8. The molecule has 3 rings (SSSR count). The van der Waals surface area contributed by atoms with Gasteiger partial charge in [-0.2, -0.15) is 0 Å². The van der Waals surface area contributed by atoms with Crippen molar-refractivity contribution in [3.8, 4) is 11.5 Å². The molecule has 0 saturated carbocycles. The summed E-state index contributed by atoms with van der Waals surface area (Å²) in [6, 6.07) is 12.5. The number of amides is 1. The first-order chi connectivity index (χ1) is 14.1. The van der Waals surface area contributed by atoms with Crippen LogP contribution in [0.15, 0.2) is 47.4 Å². The molecule has 0 radical (unpaired) electrons. The van der Waals surface area contributed by atoms with E-state index in [0.29, 0.717) is 22.8 Å². The van der Waals surface area contributed by atoms with E-state index in [0.717, 1.165) is 36.4 Å². The summed E-state index contributed by atoms with van der Waals surface area (Å²) in [5.74, 6) is 1.27. The number of carbonyl (C=O) groups excluding carboxylic acids is 2. The number of hydrogen-bond acceptors (Lipinski definition) is 6. The number of esters is 1. The second-order valence-corrected chi connectivity index (χ2v) is 7.64. The van der Waals surface area contributed by atoms with Gasteiger partial charge in [0.2, 0.25) is 5.91 Å². The Morgan fingerprint density at radius 2 is 1.79 bits per heavy atom. The van der Waals surface area contributed by atoms with Gasteiger partial charge in [0.1, 0.15) is 18.1 Å². The Morgan fingerprint density at radius 1 is 1.03 bits per heavy atom. The van der Waals surface area contributed by atoms with Crippen molar-refractivity contribution in [1.82, 2.24) is 4.90 Å². The van der Waals surface area contributed by atoms with E-state index >= 15 is 0 Å². The molecule has 0 unspecified atom stereocenters. The molecule has 1 aliphatic rings. The molecule has 0 N–H and O–H groups in total. The molecule has 0 aliphatic carbocycles. The fourth-order valence-electron chi connectivity index (χ4n) is 3.17. The number of likely N-dealkylation sites (tertiary alicyclic amines) is 1. The number of ether oxygens (including phenoxy) is 3. The Labute approximate surface area is 175 Å². The molecule has 2 aromatic carbocycles. The van der Waals surface area contributed by atoms with Crippen LogP contribution in [0, 0.1) is 0 Å². The van der Waals surface area contributed by atoms with Crippen LogP contribution in [0.4, 0.5) is 0 Å². The standard InChI is InChI=1S/C22H25NO5S/c1-26-17-9-10-19(27-2)16(13-17)14-28-22(25)18-7-3-4-8-20(18)29-15-21(24)23-11-5-6-12-23/h3-4,7-10,13H,5-6,11-12,14-15H2,1-2H3. The summed E-state index contributed by atoms with van der Waals surface area (Å²) in [6.45, 7) is 1.71. The van der Waals surface area contributed by atoms with Gasteiger partial charge in [0.05, 0.1) is 25.5 Å². The monoisotopic (exact) mass is 415 g/mol. The van der Waals surface area contributed by atoms with E-state index < -0.39 is 5.97 Å². The fourth-order valence-corrected chi connectivity index (χ4v) is 4.12. The van der Waals surface area contributed by atoms with Gasteiger partial charge in [0, 0.05) is 23.5 Å². The van der Waals surface area contributed by atoms with Crippen LogP contribution in [0.3, 0.4) is 0 Å². The van der Waals surface area contributed by atoms with E-state index in [2.05, 4.69) is 0 Å². The first-order valence-corrected chi connectivity index (χ1v) is 10.5. The number of nitrogens with zero attached hydrogens (tertiary/aromatic N) is 1. The molecule has 7 heteroatoms. The highest BCUT2D eigenvalue weighted by Crippen LogP contribution is 2.27. The lowest BCUT2D eigenvalue weighted by Crippen LogP contribution is -2.29. The minimum Gasteiger partial charge on any atom is -0.497 e. The van der Waals surface area contributed by atoms with Gasteiger partial charge in [0.25, 0.3) is 0 Å². The Balaban J connectivity index is 1.64. The number of hydrogen-bond donors (Lipinski definition) is 0. The van der Waals surface area contributed by atoms with E-state index in [-0.39, 0.29) is 12.5 Å². The van der Waals surface area contributed by atoms with Crippen molar-refractivity contribution in [1.29, 1.82) is 0 Å². The van der Waals surface area contributed by atoms with Gasteiger partial charge >= 0.3 is 5.97 Å². The summed E-state index contributed by atoms with van der Waals surface area (Å²) in [7, 11) is 3.14. The summed E-state index contributed by atoms with van der Waals surface area (Å²) >= 11 is 1.37. The van der Waals surface area contributed by atoms with Crippen molar-refractivity contribution >= 4 is 23.6 Å². The van der Waals surface area contributed by atoms with Gasteiger partial charge in [-0.3, -0.25) is 4.79 Å². The zero-order chi connectivity index (χ0) is 20.6. The maximum Gasteiger partial charge on any atom is 0.339 e. The van der Waals surface area contributed by atoms with Crippen LogP contribution >= 0.6 is 11.8 Å². The van der Waals surface area contributed by atoms with Gasteiger partial charge in [-0.15, -0.1) is 11.8 Å². The average Bonchev–Trinajstić information content (AvgIpc) is 3.31. The average molecular weight is 416 g/mol. The third-order valence-electron chi connectivity index (χ3n) is 4.76. The summed E-state index contributed by atoms with van der Waals surface area (Å²) in [5, 5.41) is 0. The first kappa shape index (κ1) is 21.0. The SMILES string of the molecule is COc1ccc(OC)c(COC(=O)c2ccccc2SCC(=O)N2CCCC2)c1. The van der Waals surface area contributed by atoms with Crippen LogP contribution in [0.2, 0.25) is 0 Å². The molecule has 0 spiro atoms. The number of benzene rings is 2. The largest absolute Gasteiger partial charge is 0.497 e. The highest BCUT2D eigenvalue weighted by molar-refractivity contribution is 8.00. The lowest BCUT2D eigenvalue weighted by atomic mass is 10.2. The third kappa shape index (κ3) is 5.44. The quantitative estimate of drug-likeness (QED) is 0.483. The molecule has 1 amide bonds. The Hall–Kier alpha value is -2.67. The molecule has 0 bridgehead atoms. The Bertz CT molecular complexity index is 864. The van der Waals surface area contributed by atoms with Crippen molar-refractivity contribution in [2.45, 2.75) is 24.3 Å².